The van der Waals surface area contributed by atoms with Crippen LogP contribution in [-0.4, -0.2) is 37.6 Å². The van der Waals surface area contributed by atoms with Gasteiger partial charge in [0.1, 0.15) is 5.75 Å². The van der Waals surface area contributed by atoms with Crippen molar-refractivity contribution in [2.24, 2.45) is 4.99 Å². The van der Waals surface area contributed by atoms with Crippen molar-refractivity contribution >= 4 is 29.9 Å². The fourth-order valence-electron chi connectivity index (χ4n) is 2.86. The van der Waals surface area contributed by atoms with Crippen molar-refractivity contribution in [1.29, 1.82) is 0 Å². The Kier molecular flexibility index (Phi) is 11.7. The lowest BCUT2D eigenvalue weighted by atomic mass is 10.1. The fourth-order valence-corrected chi connectivity index (χ4v) is 2.86. The van der Waals surface area contributed by atoms with Crippen LogP contribution < -0.4 is 15.4 Å². The molecule has 0 bridgehead atoms. The van der Waals surface area contributed by atoms with Crippen LogP contribution in [0.5, 0.6) is 5.75 Å². The third-order valence-corrected chi connectivity index (χ3v) is 4.81. The fraction of sp³-hybridized carbons (Fsp3) is 0.435. The molecule has 6 heteroatoms. The van der Waals surface area contributed by atoms with E-state index >= 15 is 0 Å². The SMILES string of the molecule is CCOc1ccccc1CNC(=NC)NCc1ccccc1CN(C)C(C)C.I. The minimum absolute atomic E-state index is 0. The summed E-state index contributed by atoms with van der Waals surface area (Å²) in [6.07, 6.45) is 0. The molecule has 29 heavy (non-hydrogen) atoms. The highest BCUT2D eigenvalue weighted by atomic mass is 127. The molecule has 2 aromatic carbocycles. The molecule has 0 atom stereocenters. The predicted molar refractivity (Wildman–Crippen MR) is 133 cm³/mol. The first-order chi connectivity index (χ1) is 13.5. The van der Waals surface area contributed by atoms with E-state index in [-0.39, 0.29) is 24.0 Å². The Bertz CT molecular complexity index is 764. The number of halogens is 1. The molecule has 0 aliphatic rings. The first kappa shape index (κ1) is 25.2. The average Bonchev–Trinajstić information content (AvgIpc) is 2.70. The van der Waals surface area contributed by atoms with Gasteiger partial charge in [0.2, 0.25) is 0 Å². The Hall–Kier alpha value is -1.80. The molecule has 0 fully saturated rings. The standard InChI is InChI=1S/C23H34N4O.HI/c1-6-28-22-14-10-9-12-20(22)16-26-23(24-4)25-15-19-11-7-8-13-21(19)17-27(5)18(2)3;/h7-14,18H,6,15-17H2,1-5H3,(H2,24,25,26);1H. The summed E-state index contributed by atoms with van der Waals surface area (Å²) in [4.78, 5) is 6.70. The molecule has 2 rings (SSSR count). The Morgan fingerprint density at radius 3 is 2.10 bits per heavy atom. The summed E-state index contributed by atoms with van der Waals surface area (Å²) >= 11 is 0. The highest BCUT2D eigenvalue weighted by Gasteiger charge is 2.09. The zero-order chi connectivity index (χ0) is 20.4. The number of nitrogens with zero attached hydrogens (tertiary/aromatic N) is 2. The van der Waals surface area contributed by atoms with Crippen LogP contribution in [0.25, 0.3) is 0 Å². The molecule has 0 radical (unpaired) electrons. The Morgan fingerprint density at radius 1 is 0.966 bits per heavy atom. The Labute approximate surface area is 193 Å². The molecular weight excluding hydrogens is 475 g/mol. The molecule has 2 N–H and O–H groups in total. The Morgan fingerprint density at radius 2 is 1.52 bits per heavy atom. The van der Waals surface area contributed by atoms with Gasteiger partial charge in [-0.25, -0.2) is 0 Å². The summed E-state index contributed by atoms with van der Waals surface area (Å²) in [6.45, 7) is 9.41. The summed E-state index contributed by atoms with van der Waals surface area (Å²) in [7, 11) is 3.95. The molecule has 5 nitrogen and oxygen atoms in total. The van der Waals surface area contributed by atoms with E-state index in [4.69, 9.17) is 4.74 Å². The largest absolute Gasteiger partial charge is 0.494 e. The molecule has 0 heterocycles. The van der Waals surface area contributed by atoms with Crippen molar-refractivity contribution in [1.82, 2.24) is 15.5 Å². The highest BCUT2D eigenvalue weighted by Crippen LogP contribution is 2.17. The minimum atomic E-state index is 0. The van der Waals surface area contributed by atoms with Gasteiger partial charge in [-0.1, -0.05) is 42.5 Å². The van der Waals surface area contributed by atoms with Gasteiger partial charge in [-0.3, -0.25) is 9.89 Å². The molecule has 0 aromatic heterocycles. The summed E-state index contributed by atoms with van der Waals surface area (Å²) in [5.74, 6) is 1.69. The number of aliphatic imine (C=N–C) groups is 1. The van der Waals surface area contributed by atoms with Gasteiger partial charge in [-0.05, 0) is 45.0 Å². The van der Waals surface area contributed by atoms with Gasteiger partial charge in [0.05, 0.1) is 6.61 Å². The van der Waals surface area contributed by atoms with Crippen LogP contribution in [0.3, 0.4) is 0 Å². The third kappa shape index (κ3) is 8.22. The molecule has 0 amide bonds. The molecule has 0 aliphatic carbocycles. The molecule has 0 aliphatic heterocycles. The first-order valence-electron chi connectivity index (χ1n) is 9.97. The van der Waals surface area contributed by atoms with Gasteiger partial charge in [0.25, 0.3) is 0 Å². The smallest absolute Gasteiger partial charge is 0.191 e. The van der Waals surface area contributed by atoms with Crippen LogP contribution in [0.1, 0.15) is 37.5 Å². The number of rotatable bonds is 9. The lowest BCUT2D eigenvalue weighted by molar-refractivity contribution is 0.265. The number of hydrogen-bond donors (Lipinski definition) is 2. The van der Waals surface area contributed by atoms with E-state index < -0.39 is 0 Å². The maximum Gasteiger partial charge on any atom is 0.191 e. The second-order valence-electron chi connectivity index (χ2n) is 7.10. The second-order valence-corrected chi connectivity index (χ2v) is 7.10. The van der Waals surface area contributed by atoms with Crippen LogP contribution in [0, 0.1) is 0 Å². The minimum Gasteiger partial charge on any atom is -0.494 e. The van der Waals surface area contributed by atoms with Crippen molar-refractivity contribution in [2.45, 2.75) is 46.4 Å². The monoisotopic (exact) mass is 510 g/mol. The number of ether oxygens (including phenoxy) is 1. The van der Waals surface area contributed by atoms with Gasteiger partial charge in [-0.15, -0.1) is 24.0 Å². The number of hydrogen-bond acceptors (Lipinski definition) is 3. The molecule has 0 spiro atoms. The van der Waals surface area contributed by atoms with Gasteiger partial charge in [0, 0.05) is 38.3 Å². The van der Waals surface area contributed by atoms with Crippen LogP contribution in [0.4, 0.5) is 0 Å². The molecular formula is C23H35IN4O. The van der Waals surface area contributed by atoms with Crippen LogP contribution >= 0.6 is 24.0 Å². The molecule has 2 aromatic rings. The quantitative estimate of drug-likeness (QED) is 0.298. The summed E-state index contributed by atoms with van der Waals surface area (Å²) in [5, 5.41) is 6.81. The van der Waals surface area contributed by atoms with E-state index in [2.05, 4.69) is 71.8 Å². The number of benzene rings is 2. The molecule has 160 valence electrons. The average molecular weight is 510 g/mol. The van der Waals surface area contributed by atoms with Crippen LogP contribution in [0.2, 0.25) is 0 Å². The Balaban J connectivity index is 0.00000420. The zero-order valence-corrected chi connectivity index (χ0v) is 20.6. The van der Waals surface area contributed by atoms with Gasteiger partial charge < -0.3 is 15.4 Å². The maximum atomic E-state index is 5.70. The van der Waals surface area contributed by atoms with Crippen molar-refractivity contribution in [2.75, 3.05) is 20.7 Å². The van der Waals surface area contributed by atoms with Crippen LogP contribution in [0.15, 0.2) is 53.5 Å². The lowest BCUT2D eigenvalue weighted by Gasteiger charge is -2.23. The third-order valence-electron chi connectivity index (χ3n) is 4.81. The molecule has 0 unspecified atom stereocenters. The van der Waals surface area contributed by atoms with Gasteiger partial charge in [0.15, 0.2) is 5.96 Å². The summed E-state index contributed by atoms with van der Waals surface area (Å²) < 4.78 is 5.70. The summed E-state index contributed by atoms with van der Waals surface area (Å²) in [5.41, 5.74) is 3.74. The molecule has 0 saturated heterocycles. The van der Waals surface area contributed by atoms with E-state index in [1.165, 1.54) is 11.1 Å². The van der Waals surface area contributed by atoms with Crippen molar-refractivity contribution in [3.05, 3.63) is 65.2 Å². The van der Waals surface area contributed by atoms with Crippen molar-refractivity contribution in [3.63, 3.8) is 0 Å². The number of para-hydroxylation sites is 1. The predicted octanol–water partition coefficient (Wildman–Crippen LogP) is 4.41. The summed E-state index contributed by atoms with van der Waals surface area (Å²) in [6, 6.07) is 17.2. The van der Waals surface area contributed by atoms with Crippen LogP contribution in [-0.2, 0) is 19.6 Å². The number of nitrogens with one attached hydrogen (secondary N) is 2. The molecule has 0 saturated carbocycles. The van der Waals surface area contributed by atoms with Gasteiger partial charge >= 0.3 is 0 Å². The zero-order valence-electron chi connectivity index (χ0n) is 18.2. The van der Waals surface area contributed by atoms with Gasteiger partial charge in [-0.2, -0.15) is 0 Å². The van der Waals surface area contributed by atoms with Crippen molar-refractivity contribution in [3.8, 4) is 5.75 Å². The lowest BCUT2D eigenvalue weighted by Crippen LogP contribution is -2.36. The highest BCUT2D eigenvalue weighted by molar-refractivity contribution is 14.0. The maximum absolute atomic E-state index is 5.70. The van der Waals surface area contributed by atoms with E-state index in [0.717, 1.165) is 30.4 Å². The van der Waals surface area contributed by atoms with E-state index in [9.17, 15) is 0 Å². The van der Waals surface area contributed by atoms with E-state index in [1.54, 1.807) is 7.05 Å². The second kappa shape index (κ2) is 13.4. The van der Waals surface area contributed by atoms with E-state index in [1.807, 2.05) is 25.1 Å². The van der Waals surface area contributed by atoms with E-state index in [0.29, 0.717) is 19.2 Å². The number of guanidine groups is 1. The normalized spacial score (nSPS) is 11.3. The van der Waals surface area contributed by atoms with Crippen molar-refractivity contribution < 1.29 is 4.74 Å². The first-order valence-corrected chi connectivity index (χ1v) is 9.97. The topological polar surface area (TPSA) is 48.9 Å².